The van der Waals surface area contributed by atoms with Crippen LogP contribution in [0.25, 0.3) is 10.8 Å². The van der Waals surface area contributed by atoms with E-state index in [1.165, 1.54) is 11.1 Å². The highest BCUT2D eigenvalue weighted by Gasteiger charge is 2.25. The zero-order chi connectivity index (χ0) is 18.2. The SMILES string of the molecule is Oc1ccc2ccccc2c1C1=NC(c2ccccc2)Cc2ccccc21. The molecule has 0 saturated heterocycles. The van der Waals surface area contributed by atoms with Gasteiger partial charge in [0.25, 0.3) is 0 Å². The van der Waals surface area contributed by atoms with Crippen molar-refractivity contribution in [3.05, 3.63) is 113 Å². The topological polar surface area (TPSA) is 32.6 Å². The normalized spacial score (nSPS) is 16.0. The number of hydrogen-bond acceptors (Lipinski definition) is 2. The van der Waals surface area contributed by atoms with Crippen LogP contribution in [-0.4, -0.2) is 10.8 Å². The molecule has 0 aromatic heterocycles. The molecule has 1 unspecified atom stereocenters. The van der Waals surface area contributed by atoms with Crippen molar-refractivity contribution in [2.75, 3.05) is 0 Å². The summed E-state index contributed by atoms with van der Waals surface area (Å²) >= 11 is 0. The van der Waals surface area contributed by atoms with Gasteiger partial charge in [-0.3, -0.25) is 4.99 Å². The van der Waals surface area contributed by atoms with E-state index in [1.54, 1.807) is 6.07 Å². The molecule has 0 radical (unpaired) electrons. The highest BCUT2D eigenvalue weighted by molar-refractivity contribution is 6.22. The Bertz CT molecular complexity index is 1160. The van der Waals surface area contributed by atoms with Crippen LogP contribution in [0.15, 0.2) is 96.0 Å². The molecule has 5 rings (SSSR count). The minimum absolute atomic E-state index is 0.0504. The minimum Gasteiger partial charge on any atom is -0.507 e. The van der Waals surface area contributed by atoms with Gasteiger partial charge in [0.15, 0.2) is 0 Å². The van der Waals surface area contributed by atoms with E-state index in [1.807, 2.05) is 30.3 Å². The smallest absolute Gasteiger partial charge is 0.125 e. The Hall–Kier alpha value is -3.39. The molecule has 1 atom stereocenters. The molecule has 1 aliphatic rings. The summed E-state index contributed by atoms with van der Waals surface area (Å²) in [4.78, 5) is 5.13. The van der Waals surface area contributed by atoms with Gasteiger partial charge < -0.3 is 5.11 Å². The molecule has 2 nitrogen and oxygen atoms in total. The number of nitrogens with zero attached hydrogens (tertiary/aromatic N) is 1. The zero-order valence-corrected chi connectivity index (χ0v) is 14.8. The fourth-order valence-electron chi connectivity index (χ4n) is 3.98. The molecule has 0 spiro atoms. The van der Waals surface area contributed by atoms with Gasteiger partial charge in [-0.1, -0.05) is 84.9 Å². The first-order valence-corrected chi connectivity index (χ1v) is 9.23. The monoisotopic (exact) mass is 349 g/mol. The lowest BCUT2D eigenvalue weighted by atomic mass is 9.86. The Balaban J connectivity index is 1.78. The summed E-state index contributed by atoms with van der Waals surface area (Å²) in [6.45, 7) is 0. The third-order valence-corrected chi connectivity index (χ3v) is 5.30. The van der Waals surface area contributed by atoms with Crippen LogP contribution in [0.2, 0.25) is 0 Å². The first-order chi connectivity index (χ1) is 13.3. The second-order valence-corrected chi connectivity index (χ2v) is 6.95. The van der Waals surface area contributed by atoms with Gasteiger partial charge in [0.1, 0.15) is 5.75 Å². The van der Waals surface area contributed by atoms with Crippen LogP contribution < -0.4 is 0 Å². The standard InChI is InChI=1S/C25H19NO/c27-23-15-14-17-8-4-6-12-20(17)24(23)25-21-13-7-5-11-19(21)16-22(26-25)18-9-2-1-3-10-18/h1-15,22,27H,16H2. The van der Waals surface area contributed by atoms with Gasteiger partial charge in [0.2, 0.25) is 0 Å². The summed E-state index contributed by atoms with van der Waals surface area (Å²) in [5.41, 5.74) is 5.27. The van der Waals surface area contributed by atoms with Crippen LogP contribution in [0, 0.1) is 0 Å². The Morgan fingerprint density at radius 3 is 2.37 bits per heavy atom. The Kier molecular flexibility index (Phi) is 3.75. The van der Waals surface area contributed by atoms with E-state index in [0.29, 0.717) is 0 Å². The third-order valence-electron chi connectivity index (χ3n) is 5.30. The summed E-state index contributed by atoms with van der Waals surface area (Å²) < 4.78 is 0. The predicted molar refractivity (Wildman–Crippen MR) is 111 cm³/mol. The summed E-state index contributed by atoms with van der Waals surface area (Å²) in [5.74, 6) is 0.274. The second-order valence-electron chi connectivity index (χ2n) is 6.95. The Morgan fingerprint density at radius 1 is 0.741 bits per heavy atom. The number of rotatable bonds is 2. The summed E-state index contributed by atoms with van der Waals surface area (Å²) in [7, 11) is 0. The summed E-state index contributed by atoms with van der Waals surface area (Å²) in [6.07, 6.45) is 0.870. The van der Waals surface area contributed by atoms with Gasteiger partial charge in [-0.15, -0.1) is 0 Å². The molecule has 0 fully saturated rings. The molecule has 0 amide bonds. The first-order valence-electron chi connectivity index (χ1n) is 9.23. The third kappa shape index (κ3) is 2.70. The second kappa shape index (κ2) is 6.40. The van der Waals surface area contributed by atoms with Gasteiger partial charge in [0.05, 0.1) is 11.8 Å². The molecule has 4 aromatic carbocycles. The number of benzene rings is 4. The van der Waals surface area contributed by atoms with Crippen LogP contribution in [0.5, 0.6) is 5.75 Å². The van der Waals surface area contributed by atoms with Crippen molar-refractivity contribution in [1.82, 2.24) is 0 Å². The summed E-state index contributed by atoms with van der Waals surface area (Å²) in [5, 5.41) is 12.9. The lowest BCUT2D eigenvalue weighted by molar-refractivity contribution is 0.475. The number of fused-ring (bicyclic) bond motifs is 2. The quantitative estimate of drug-likeness (QED) is 0.496. The number of aromatic hydroxyl groups is 1. The van der Waals surface area contributed by atoms with Gasteiger partial charge in [-0.25, -0.2) is 0 Å². The van der Waals surface area contributed by atoms with Gasteiger partial charge in [0, 0.05) is 11.1 Å². The molecular formula is C25H19NO. The maximum absolute atomic E-state index is 10.8. The molecule has 1 heterocycles. The van der Waals surface area contributed by atoms with Gasteiger partial charge in [-0.2, -0.15) is 0 Å². The minimum atomic E-state index is 0.0504. The highest BCUT2D eigenvalue weighted by atomic mass is 16.3. The van der Waals surface area contributed by atoms with E-state index in [9.17, 15) is 5.11 Å². The molecular weight excluding hydrogens is 330 g/mol. The number of phenolic OH excluding ortho intramolecular Hbond substituents is 1. The van der Waals surface area contributed by atoms with Crippen molar-refractivity contribution in [2.24, 2.45) is 4.99 Å². The van der Waals surface area contributed by atoms with Crippen molar-refractivity contribution in [3.8, 4) is 5.75 Å². The number of aliphatic imine (C=N–C) groups is 1. The number of phenols is 1. The molecule has 0 bridgehead atoms. The van der Waals surface area contributed by atoms with E-state index < -0.39 is 0 Å². The molecule has 4 aromatic rings. The van der Waals surface area contributed by atoms with Crippen molar-refractivity contribution < 1.29 is 5.11 Å². The van der Waals surface area contributed by atoms with Crippen LogP contribution >= 0.6 is 0 Å². The average Bonchev–Trinajstić information content (AvgIpc) is 2.74. The van der Waals surface area contributed by atoms with Crippen molar-refractivity contribution in [3.63, 3.8) is 0 Å². The van der Waals surface area contributed by atoms with Gasteiger partial charge in [-0.05, 0) is 34.4 Å². The fraction of sp³-hybridized carbons (Fsp3) is 0.0800. The molecule has 130 valence electrons. The Morgan fingerprint density at radius 2 is 1.48 bits per heavy atom. The number of hydrogen-bond donors (Lipinski definition) is 1. The maximum Gasteiger partial charge on any atom is 0.125 e. The predicted octanol–water partition coefficient (Wildman–Crippen LogP) is 5.68. The zero-order valence-electron chi connectivity index (χ0n) is 14.8. The molecule has 1 aliphatic heterocycles. The van der Waals surface area contributed by atoms with E-state index >= 15 is 0 Å². The molecule has 0 saturated carbocycles. The van der Waals surface area contributed by atoms with Crippen molar-refractivity contribution in [2.45, 2.75) is 12.5 Å². The van der Waals surface area contributed by atoms with E-state index in [4.69, 9.17) is 4.99 Å². The van der Waals surface area contributed by atoms with Crippen LogP contribution in [0.1, 0.15) is 28.3 Å². The largest absolute Gasteiger partial charge is 0.507 e. The fourth-order valence-corrected chi connectivity index (χ4v) is 3.98. The van der Waals surface area contributed by atoms with Gasteiger partial charge >= 0.3 is 0 Å². The first kappa shape index (κ1) is 15.8. The lowest BCUT2D eigenvalue weighted by Gasteiger charge is -2.25. The lowest BCUT2D eigenvalue weighted by Crippen LogP contribution is -2.17. The molecule has 27 heavy (non-hydrogen) atoms. The van der Waals surface area contributed by atoms with Crippen LogP contribution in [0.3, 0.4) is 0 Å². The van der Waals surface area contributed by atoms with E-state index in [-0.39, 0.29) is 11.8 Å². The molecule has 2 heteroatoms. The highest BCUT2D eigenvalue weighted by Crippen LogP contribution is 2.36. The summed E-state index contributed by atoms with van der Waals surface area (Å²) in [6, 6.07) is 30.7. The average molecular weight is 349 g/mol. The van der Waals surface area contributed by atoms with Crippen LogP contribution in [0.4, 0.5) is 0 Å². The Labute approximate surface area is 158 Å². The molecule has 0 aliphatic carbocycles. The maximum atomic E-state index is 10.8. The van der Waals surface area contributed by atoms with Crippen molar-refractivity contribution in [1.29, 1.82) is 0 Å². The van der Waals surface area contributed by atoms with Crippen molar-refractivity contribution >= 4 is 16.5 Å². The molecule has 1 N–H and O–H groups in total. The van der Waals surface area contributed by atoms with E-state index in [0.717, 1.165) is 34.0 Å². The van der Waals surface area contributed by atoms with E-state index in [2.05, 4.69) is 54.6 Å². The van der Waals surface area contributed by atoms with Crippen LogP contribution in [-0.2, 0) is 6.42 Å².